The molecule has 2 aromatic carbocycles. The molecule has 2 N–H and O–H groups in total. The van der Waals surface area contributed by atoms with E-state index in [1.165, 1.54) is 18.2 Å². The van der Waals surface area contributed by atoms with Crippen LogP contribution in [-0.4, -0.2) is 23.3 Å². The van der Waals surface area contributed by atoms with E-state index in [0.29, 0.717) is 6.42 Å². The molecule has 2 aromatic rings. The van der Waals surface area contributed by atoms with E-state index in [2.05, 4.69) is 10.9 Å². The fourth-order valence-corrected chi connectivity index (χ4v) is 2.01. The molecule has 8 heteroatoms. The fourth-order valence-electron chi connectivity index (χ4n) is 2.01. The van der Waals surface area contributed by atoms with Crippen molar-refractivity contribution in [1.82, 2.24) is 10.9 Å². The molecular weight excluding hydrogens is 326 g/mol. The Morgan fingerprint density at radius 3 is 2.32 bits per heavy atom. The minimum atomic E-state index is -0.619. The maximum absolute atomic E-state index is 11.7. The Morgan fingerprint density at radius 1 is 0.960 bits per heavy atom. The van der Waals surface area contributed by atoms with Crippen LogP contribution < -0.4 is 15.6 Å². The first kappa shape index (κ1) is 17.9. The van der Waals surface area contributed by atoms with Gasteiger partial charge >= 0.3 is 5.69 Å². The summed E-state index contributed by atoms with van der Waals surface area (Å²) in [5, 5.41) is 10.8. The van der Waals surface area contributed by atoms with Crippen molar-refractivity contribution in [2.45, 2.75) is 12.8 Å². The highest BCUT2D eigenvalue weighted by molar-refractivity contribution is 5.82. The normalized spacial score (nSPS) is 9.92. The molecule has 0 saturated heterocycles. The van der Waals surface area contributed by atoms with Gasteiger partial charge in [0.25, 0.3) is 5.91 Å². The maximum atomic E-state index is 11.7. The third-order valence-corrected chi connectivity index (χ3v) is 3.25. The molecule has 0 radical (unpaired) electrons. The Kier molecular flexibility index (Phi) is 6.47. The number of hydrazine groups is 1. The van der Waals surface area contributed by atoms with Gasteiger partial charge in [-0.25, -0.2) is 0 Å². The van der Waals surface area contributed by atoms with Crippen LogP contribution in [0.2, 0.25) is 0 Å². The zero-order chi connectivity index (χ0) is 18.1. The number of carbonyl (C=O) groups is 2. The summed E-state index contributed by atoms with van der Waals surface area (Å²) in [7, 11) is 0. The van der Waals surface area contributed by atoms with Gasteiger partial charge in [-0.15, -0.1) is 0 Å². The van der Waals surface area contributed by atoms with Crippen LogP contribution in [0, 0.1) is 10.1 Å². The molecule has 0 aliphatic heterocycles. The number of benzene rings is 2. The largest absolute Gasteiger partial charge is 0.477 e. The van der Waals surface area contributed by atoms with Crippen LogP contribution in [-0.2, 0) is 16.0 Å². The van der Waals surface area contributed by atoms with Gasteiger partial charge in [-0.2, -0.15) is 0 Å². The standard InChI is InChI=1S/C17H17N3O5/c21-16(11-10-13-6-2-1-3-7-13)18-19-17(22)12-25-15-9-5-4-8-14(15)20(23)24/h1-9H,10-12H2,(H,18,21)(H,19,22). The van der Waals surface area contributed by atoms with Crippen molar-refractivity contribution in [2.75, 3.05) is 6.61 Å². The number of para-hydroxylation sites is 2. The number of nitrogens with zero attached hydrogens (tertiary/aromatic N) is 1. The second-order valence-corrected chi connectivity index (χ2v) is 5.10. The molecule has 0 aliphatic rings. The molecule has 0 saturated carbocycles. The monoisotopic (exact) mass is 343 g/mol. The Bertz CT molecular complexity index is 749. The quantitative estimate of drug-likeness (QED) is 0.588. The molecule has 0 unspecified atom stereocenters. The average Bonchev–Trinajstić information content (AvgIpc) is 2.64. The van der Waals surface area contributed by atoms with E-state index < -0.39 is 17.4 Å². The molecule has 0 aromatic heterocycles. The van der Waals surface area contributed by atoms with Gasteiger partial charge in [-0.1, -0.05) is 42.5 Å². The van der Waals surface area contributed by atoms with Crippen LogP contribution in [0.5, 0.6) is 5.75 Å². The number of rotatable bonds is 7. The highest BCUT2D eigenvalue weighted by Gasteiger charge is 2.15. The van der Waals surface area contributed by atoms with Crippen molar-refractivity contribution in [3.8, 4) is 5.75 Å². The summed E-state index contributed by atoms with van der Waals surface area (Å²) in [4.78, 5) is 33.6. The first-order valence-electron chi connectivity index (χ1n) is 7.54. The van der Waals surface area contributed by atoms with E-state index in [4.69, 9.17) is 4.74 Å². The summed E-state index contributed by atoms with van der Waals surface area (Å²) in [6.45, 7) is -0.455. The van der Waals surface area contributed by atoms with Gasteiger partial charge in [0, 0.05) is 12.5 Å². The van der Waals surface area contributed by atoms with Crippen molar-refractivity contribution < 1.29 is 19.2 Å². The summed E-state index contributed by atoms with van der Waals surface area (Å²) in [6, 6.07) is 15.2. The number of hydrogen-bond donors (Lipinski definition) is 2. The molecule has 0 bridgehead atoms. The summed E-state index contributed by atoms with van der Waals surface area (Å²) in [5.41, 5.74) is 5.26. The van der Waals surface area contributed by atoms with Crippen molar-refractivity contribution in [3.05, 3.63) is 70.3 Å². The minimum Gasteiger partial charge on any atom is -0.477 e. The number of ether oxygens (including phenoxy) is 1. The second-order valence-electron chi connectivity index (χ2n) is 5.10. The van der Waals surface area contributed by atoms with Crippen molar-refractivity contribution in [1.29, 1.82) is 0 Å². The lowest BCUT2D eigenvalue weighted by atomic mass is 10.1. The summed E-state index contributed by atoms with van der Waals surface area (Å²) < 4.78 is 5.12. The van der Waals surface area contributed by atoms with E-state index in [0.717, 1.165) is 5.56 Å². The van der Waals surface area contributed by atoms with Crippen molar-refractivity contribution in [3.63, 3.8) is 0 Å². The maximum Gasteiger partial charge on any atom is 0.310 e. The fraction of sp³-hybridized carbons (Fsp3) is 0.176. The van der Waals surface area contributed by atoms with E-state index in [-0.39, 0.29) is 23.8 Å². The molecule has 25 heavy (non-hydrogen) atoms. The lowest BCUT2D eigenvalue weighted by Gasteiger charge is -2.09. The average molecular weight is 343 g/mol. The Balaban J connectivity index is 1.72. The van der Waals surface area contributed by atoms with Crippen LogP contribution in [0.4, 0.5) is 5.69 Å². The van der Waals surface area contributed by atoms with Gasteiger partial charge in [-0.05, 0) is 18.1 Å². The lowest BCUT2D eigenvalue weighted by Crippen LogP contribution is -2.43. The number of nitrogens with one attached hydrogen (secondary N) is 2. The van der Waals surface area contributed by atoms with Crippen molar-refractivity contribution >= 4 is 17.5 Å². The summed E-state index contributed by atoms with van der Waals surface area (Å²) in [6.07, 6.45) is 0.768. The van der Waals surface area contributed by atoms with Gasteiger partial charge in [-0.3, -0.25) is 30.6 Å². The number of nitro benzene ring substituents is 1. The number of amides is 2. The zero-order valence-electron chi connectivity index (χ0n) is 13.3. The van der Waals surface area contributed by atoms with Gasteiger partial charge in [0.15, 0.2) is 12.4 Å². The Morgan fingerprint density at radius 2 is 1.60 bits per heavy atom. The molecule has 2 rings (SSSR count). The van der Waals surface area contributed by atoms with E-state index >= 15 is 0 Å². The molecule has 0 spiro atoms. The summed E-state index contributed by atoms with van der Waals surface area (Å²) >= 11 is 0. The van der Waals surface area contributed by atoms with Crippen LogP contribution in [0.25, 0.3) is 0 Å². The predicted molar refractivity (Wildman–Crippen MR) is 89.6 cm³/mol. The second kappa shape index (κ2) is 9.02. The Hall–Kier alpha value is -3.42. The smallest absolute Gasteiger partial charge is 0.310 e. The van der Waals surface area contributed by atoms with Crippen LogP contribution in [0.3, 0.4) is 0 Å². The van der Waals surface area contributed by atoms with Crippen LogP contribution >= 0.6 is 0 Å². The van der Waals surface area contributed by atoms with Gasteiger partial charge in [0.05, 0.1) is 4.92 Å². The van der Waals surface area contributed by atoms with Gasteiger partial charge in [0.1, 0.15) is 0 Å². The van der Waals surface area contributed by atoms with Gasteiger partial charge < -0.3 is 4.74 Å². The number of hydrogen-bond acceptors (Lipinski definition) is 5. The molecule has 2 amide bonds. The highest BCUT2D eigenvalue weighted by Crippen LogP contribution is 2.25. The zero-order valence-corrected chi connectivity index (χ0v) is 13.3. The van der Waals surface area contributed by atoms with Crippen molar-refractivity contribution in [2.24, 2.45) is 0 Å². The van der Waals surface area contributed by atoms with Gasteiger partial charge in [0.2, 0.25) is 5.91 Å². The minimum absolute atomic E-state index is 0.0157. The first-order chi connectivity index (χ1) is 12.1. The highest BCUT2D eigenvalue weighted by atomic mass is 16.6. The molecule has 0 aliphatic carbocycles. The summed E-state index contributed by atoms with van der Waals surface area (Å²) in [5.74, 6) is -0.979. The van der Waals surface area contributed by atoms with E-state index in [9.17, 15) is 19.7 Å². The first-order valence-corrected chi connectivity index (χ1v) is 7.54. The molecule has 0 atom stereocenters. The predicted octanol–water partition coefficient (Wildman–Crippen LogP) is 1.75. The number of nitro groups is 1. The van der Waals surface area contributed by atoms with E-state index in [1.807, 2.05) is 30.3 Å². The molecular formula is C17H17N3O5. The molecule has 0 heterocycles. The third-order valence-electron chi connectivity index (χ3n) is 3.25. The number of aryl methyl sites for hydroxylation is 1. The SMILES string of the molecule is O=C(CCc1ccccc1)NNC(=O)COc1ccccc1[N+](=O)[O-]. The Labute approximate surface area is 143 Å². The molecule has 130 valence electrons. The number of carbonyl (C=O) groups excluding carboxylic acids is 2. The molecule has 8 nitrogen and oxygen atoms in total. The molecule has 0 fully saturated rings. The van der Waals surface area contributed by atoms with E-state index in [1.54, 1.807) is 6.07 Å². The van der Waals surface area contributed by atoms with Crippen LogP contribution in [0.15, 0.2) is 54.6 Å². The third kappa shape index (κ3) is 5.94. The topological polar surface area (TPSA) is 111 Å². The van der Waals surface area contributed by atoms with Crippen LogP contribution in [0.1, 0.15) is 12.0 Å². The lowest BCUT2D eigenvalue weighted by molar-refractivity contribution is -0.385.